The van der Waals surface area contributed by atoms with E-state index in [2.05, 4.69) is 276 Å². The van der Waals surface area contributed by atoms with Crippen LogP contribution in [0.25, 0.3) is 55.7 Å². The Hall–Kier alpha value is -3.52. The molecule has 394 valence electrons. The monoisotopic (exact) mass is 1120 g/mol. The van der Waals surface area contributed by atoms with Gasteiger partial charge in [-0.15, -0.1) is 24.8 Å². The first kappa shape index (κ1) is 59.7. The Labute approximate surface area is 465 Å². The molecule has 74 heavy (non-hydrogen) atoms. The van der Waals surface area contributed by atoms with Gasteiger partial charge in [0.2, 0.25) is 0 Å². The topological polar surface area (TPSA) is 0 Å². The molecule has 0 amide bonds. The minimum absolute atomic E-state index is 0. The second-order valence-electron chi connectivity index (χ2n) is 29.6. The van der Waals surface area contributed by atoms with Gasteiger partial charge in [-0.05, 0) is 0 Å². The molecule has 0 heterocycles. The van der Waals surface area contributed by atoms with E-state index in [0.29, 0.717) is 0 Å². The molecule has 6 aromatic rings. The van der Waals surface area contributed by atoms with Crippen LogP contribution in [0.5, 0.6) is 0 Å². The van der Waals surface area contributed by atoms with E-state index in [1.54, 1.807) is 22.3 Å². The number of benzene rings is 6. The molecule has 2 aliphatic rings. The number of rotatable bonds is 6. The van der Waals surface area contributed by atoms with Gasteiger partial charge in [-0.2, -0.15) is 0 Å². The Bertz CT molecular complexity index is 3000. The average Bonchev–Trinajstić information content (AvgIpc) is 3.79. The fraction of sp³-hybridized carbons (Fsp3) is 0.429. The Balaban J connectivity index is 0.00000446. The SMILES string of the molecule is CC1=C(C(C)(C)C)[CH]([Zr]([CH3])([CH3])(=[SiH2])[CH]2C(C(C)(C)C)=C(C)c3c(-c4ccc(C(C)(C)C)cc4)ccc(-c4ccc(C(C)(C)C)cc4)c32)c2c(-c3ccc(C(C)(C)C)cc3)ccc(-c3ccc(C(C)(C)C)cc3)c21.Cl.Cl. The van der Waals surface area contributed by atoms with Gasteiger partial charge in [0.05, 0.1) is 0 Å². The summed E-state index contributed by atoms with van der Waals surface area (Å²) in [6.07, 6.45) is 0. The quantitative estimate of drug-likeness (QED) is 0.146. The smallest absolute Gasteiger partial charge is 0.147 e. The maximum absolute atomic E-state index is 4.53. The zero-order valence-electron chi connectivity index (χ0n) is 49.7. The Morgan fingerprint density at radius 2 is 0.514 bits per heavy atom. The van der Waals surface area contributed by atoms with E-state index in [9.17, 15) is 0 Å². The molecule has 0 bridgehead atoms. The number of hydrogen-bond acceptors (Lipinski definition) is 0. The Morgan fingerprint density at radius 3 is 0.716 bits per heavy atom. The van der Waals surface area contributed by atoms with E-state index in [1.165, 1.54) is 89.0 Å². The summed E-state index contributed by atoms with van der Waals surface area (Å²) in [5, 5.41) is 0. The first-order valence-electron chi connectivity index (χ1n) is 27.2. The van der Waals surface area contributed by atoms with E-state index in [0.717, 1.165) is 0 Å². The molecule has 0 spiro atoms. The first-order chi connectivity index (χ1) is 32.9. The third kappa shape index (κ3) is 10.7. The van der Waals surface area contributed by atoms with Gasteiger partial charge in [0.1, 0.15) is 0 Å². The Morgan fingerprint density at radius 1 is 0.311 bits per heavy atom. The fourth-order valence-corrected chi connectivity index (χ4v) is 32.9. The summed E-state index contributed by atoms with van der Waals surface area (Å²) >= 11 is -4.53. The minimum atomic E-state index is -4.53. The molecular weight excluding hydrogens is 1030 g/mol. The molecule has 0 aliphatic heterocycles. The zero-order chi connectivity index (χ0) is 53.3. The predicted octanol–water partition coefficient (Wildman–Crippen LogP) is 21.2. The van der Waals surface area contributed by atoms with Crippen LogP contribution >= 0.6 is 24.8 Å². The molecule has 0 radical (unpaired) electrons. The van der Waals surface area contributed by atoms with Crippen LogP contribution in [-0.2, 0) is 39.1 Å². The molecule has 6 aromatic carbocycles. The van der Waals surface area contributed by atoms with E-state index < -0.39 is 17.4 Å². The minimum Gasteiger partial charge on any atom is -0.147 e. The number of allylic oxidation sites excluding steroid dienone is 4. The molecule has 0 aromatic heterocycles. The van der Waals surface area contributed by atoms with Crippen molar-refractivity contribution in [1.82, 2.24) is 0 Å². The van der Waals surface area contributed by atoms with Crippen molar-refractivity contribution in [3.63, 3.8) is 0 Å². The van der Waals surface area contributed by atoms with Crippen LogP contribution < -0.4 is 0 Å². The summed E-state index contributed by atoms with van der Waals surface area (Å²) < 4.78 is 6.34. The largest absolute Gasteiger partial charge is 0.147 e. The van der Waals surface area contributed by atoms with Crippen LogP contribution in [-0.4, -0.2) is 6.88 Å². The van der Waals surface area contributed by atoms with Gasteiger partial charge in [0, 0.05) is 0 Å². The summed E-state index contributed by atoms with van der Waals surface area (Å²) in [5.74, 6) is 0. The fourth-order valence-electron chi connectivity index (χ4n) is 13.3. The van der Waals surface area contributed by atoms with Crippen LogP contribution in [0.2, 0.25) is 9.26 Å². The predicted molar refractivity (Wildman–Crippen MR) is 334 cm³/mol. The van der Waals surface area contributed by atoms with Crippen LogP contribution in [0, 0.1) is 10.8 Å². The van der Waals surface area contributed by atoms with Crippen LogP contribution in [0.1, 0.15) is 190 Å². The molecule has 4 heteroatoms. The van der Waals surface area contributed by atoms with Gasteiger partial charge in [-0.3, -0.25) is 0 Å². The van der Waals surface area contributed by atoms with Crippen molar-refractivity contribution < 1.29 is 17.4 Å². The molecule has 0 nitrogen and oxygen atoms in total. The van der Waals surface area contributed by atoms with E-state index in [-0.39, 0.29) is 64.6 Å². The summed E-state index contributed by atoms with van der Waals surface area (Å²) in [4.78, 5) is 0. The number of hydrogen-bond donors (Lipinski definition) is 0. The second-order valence-corrected chi connectivity index (χ2v) is 60.1. The summed E-state index contributed by atoms with van der Waals surface area (Å²) in [6.45, 7) is 50.6. The van der Waals surface area contributed by atoms with Crippen molar-refractivity contribution in [2.75, 3.05) is 0 Å². The maximum Gasteiger partial charge on any atom is -0.147 e. The van der Waals surface area contributed by atoms with Crippen molar-refractivity contribution in [1.29, 1.82) is 0 Å². The van der Waals surface area contributed by atoms with Crippen molar-refractivity contribution in [3.05, 3.63) is 177 Å². The normalized spacial score (nSPS) is 16.7. The molecule has 0 N–H and O–H groups in total. The first-order valence-corrected chi connectivity index (χ1v) is 40.9. The molecule has 0 saturated carbocycles. The second kappa shape index (κ2) is 19.7. The van der Waals surface area contributed by atoms with Gasteiger partial charge in [-0.25, -0.2) is 0 Å². The standard InChI is InChI=1S/2C34H41.2CH3.2ClH.H2Si.Zr/c2*1-22-30(34(8,9)10)21-29-27(23-11-15-25(16-12-23)32(2,3)4)19-20-28(31(22)29)24-13-17-26(18-14-24)33(5,6)7;;;;;;/h2*11-21H,1-10H3;2*1H3;2*1H;1H2;. The molecule has 0 fully saturated rings. The Kier molecular flexibility index (Phi) is 15.9. The third-order valence-corrected chi connectivity index (χ3v) is 34.0. The third-order valence-electron chi connectivity index (χ3n) is 17.0. The molecule has 2 atom stereocenters. The van der Waals surface area contributed by atoms with E-state index >= 15 is 0 Å². The summed E-state index contributed by atoms with van der Waals surface area (Å²) in [6, 6.07) is 48.5. The van der Waals surface area contributed by atoms with Gasteiger partial charge < -0.3 is 0 Å². The number of fused-ring (bicyclic) bond motifs is 2. The molecular formula is C70H92Cl2SiZr. The van der Waals surface area contributed by atoms with Crippen molar-refractivity contribution in [2.24, 2.45) is 10.8 Å². The summed E-state index contributed by atoms with van der Waals surface area (Å²) in [7, 11) is 0. The van der Waals surface area contributed by atoms with Crippen molar-refractivity contribution in [2.45, 2.75) is 177 Å². The van der Waals surface area contributed by atoms with Crippen LogP contribution in [0.4, 0.5) is 0 Å². The molecule has 8 rings (SSSR count). The van der Waals surface area contributed by atoms with Crippen molar-refractivity contribution >= 4 is 42.8 Å². The molecule has 2 aliphatic carbocycles. The summed E-state index contributed by atoms with van der Waals surface area (Å²) in [5.41, 5.74) is 28.8. The van der Waals surface area contributed by atoms with Gasteiger partial charge in [0.15, 0.2) is 0 Å². The van der Waals surface area contributed by atoms with Gasteiger partial charge >= 0.3 is 444 Å². The number of halogens is 2. The molecule has 0 saturated heterocycles. The zero-order valence-corrected chi connectivity index (χ0v) is 55.2. The van der Waals surface area contributed by atoms with E-state index in [4.69, 9.17) is 0 Å². The van der Waals surface area contributed by atoms with Gasteiger partial charge in [-0.1, -0.05) is 0 Å². The van der Waals surface area contributed by atoms with Gasteiger partial charge in [0.25, 0.3) is 0 Å². The van der Waals surface area contributed by atoms with Crippen LogP contribution in [0.3, 0.4) is 0 Å². The molecule has 2 unspecified atom stereocenters. The van der Waals surface area contributed by atoms with E-state index in [1.807, 2.05) is 0 Å². The van der Waals surface area contributed by atoms with Crippen molar-refractivity contribution in [3.8, 4) is 44.5 Å². The maximum atomic E-state index is 2.89. The van der Waals surface area contributed by atoms with Crippen LogP contribution in [0.15, 0.2) is 132 Å². The average molecular weight is 1120 g/mol.